The molecule has 2 N–H and O–H groups in total. The maximum absolute atomic E-state index is 9.57. The van der Waals surface area contributed by atoms with Crippen molar-refractivity contribution in [3.05, 3.63) is 42.2 Å². The van der Waals surface area contributed by atoms with Crippen LogP contribution >= 0.6 is 0 Å². The first-order valence-electron chi connectivity index (χ1n) is 8.94. The van der Waals surface area contributed by atoms with Gasteiger partial charge in [0.2, 0.25) is 0 Å². The summed E-state index contributed by atoms with van der Waals surface area (Å²) >= 11 is 0. The zero-order chi connectivity index (χ0) is 18.4. The molecule has 7 heteroatoms. The summed E-state index contributed by atoms with van der Waals surface area (Å²) in [5.74, 6) is 2.37. The average molecular weight is 358 g/mol. The topological polar surface area (TPSA) is 82.0 Å². The van der Waals surface area contributed by atoms with Crippen LogP contribution in [0, 0.1) is 0 Å². The number of hydrogen-bond acceptors (Lipinski definition) is 7. The summed E-state index contributed by atoms with van der Waals surface area (Å²) in [4.78, 5) is 12.9. The summed E-state index contributed by atoms with van der Waals surface area (Å²) in [5.41, 5.74) is 1.03. The van der Waals surface area contributed by atoms with E-state index in [0.29, 0.717) is 13.1 Å². The van der Waals surface area contributed by atoms with Crippen LogP contribution in [0.25, 0.3) is 0 Å². The van der Waals surface area contributed by atoms with Crippen LogP contribution in [0.5, 0.6) is 5.75 Å². The normalized spacial score (nSPS) is 16.7. The molecule has 1 saturated heterocycles. The first-order chi connectivity index (χ1) is 12.8. The molecule has 1 atom stereocenters. The van der Waals surface area contributed by atoms with E-state index in [9.17, 15) is 10.2 Å². The van der Waals surface area contributed by atoms with E-state index in [0.717, 1.165) is 42.3 Å². The molecule has 140 valence electrons. The number of aliphatic hydroxyl groups is 2. The molecule has 1 fully saturated rings. The lowest BCUT2D eigenvalue weighted by Crippen LogP contribution is -2.33. The molecule has 1 aromatic heterocycles. The van der Waals surface area contributed by atoms with Crippen LogP contribution in [0.15, 0.2) is 36.7 Å². The minimum atomic E-state index is 0.0253. The number of benzene rings is 1. The van der Waals surface area contributed by atoms with E-state index >= 15 is 0 Å². The van der Waals surface area contributed by atoms with Crippen molar-refractivity contribution in [2.45, 2.75) is 25.4 Å². The Bertz CT molecular complexity index is 713. The molecule has 2 aromatic rings. The summed E-state index contributed by atoms with van der Waals surface area (Å²) in [6, 6.07) is 9.87. The summed E-state index contributed by atoms with van der Waals surface area (Å²) in [6.07, 6.45) is 3.56. The minimum Gasteiger partial charge on any atom is -0.496 e. The molecular formula is C19H26N4O3. The second-order valence-electron chi connectivity index (χ2n) is 6.36. The molecule has 1 aliphatic heterocycles. The van der Waals surface area contributed by atoms with Gasteiger partial charge < -0.3 is 24.7 Å². The fraction of sp³-hybridized carbons (Fsp3) is 0.474. The van der Waals surface area contributed by atoms with Crippen molar-refractivity contribution >= 4 is 11.6 Å². The molecular weight excluding hydrogens is 332 g/mol. The van der Waals surface area contributed by atoms with E-state index < -0.39 is 0 Å². The molecule has 0 radical (unpaired) electrons. The number of para-hydroxylation sites is 1. The van der Waals surface area contributed by atoms with E-state index in [1.165, 1.54) is 0 Å². The fourth-order valence-corrected chi connectivity index (χ4v) is 3.43. The van der Waals surface area contributed by atoms with Crippen LogP contribution in [0.2, 0.25) is 0 Å². The molecule has 26 heavy (non-hydrogen) atoms. The minimum absolute atomic E-state index is 0.0253. The molecule has 7 nitrogen and oxygen atoms in total. The first kappa shape index (κ1) is 18.4. The highest BCUT2D eigenvalue weighted by molar-refractivity contribution is 5.52. The van der Waals surface area contributed by atoms with Gasteiger partial charge in [0.15, 0.2) is 0 Å². The average Bonchev–Trinajstić information content (AvgIpc) is 3.17. The van der Waals surface area contributed by atoms with Crippen molar-refractivity contribution in [2.75, 3.05) is 43.2 Å². The highest BCUT2D eigenvalue weighted by Gasteiger charge is 2.25. The van der Waals surface area contributed by atoms with Crippen LogP contribution in [-0.2, 0) is 6.54 Å². The number of rotatable bonds is 8. The third-order valence-electron chi connectivity index (χ3n) is 4.77. The van der Waals surface area contributed by atoms with Gasteiger partial charge in [0, 0.05) is 31.3 Å². The third kappa shape index (κ3) is 4.05. The van der Waals surface area contributed by atoms with E-state index in [1.807, 2.05) is 35.2 Å². The number of ether oxygens (including phenoxy) is 1. The van der Waals surface area contributed by atoms with Gasteiger partial charge in [-0.3, -0.25) is 0 Å². The van der Waals surface area contributed by atoms with Gasteiger partial charge >= 0.3 is 0 Å². The van der Waals surface area contributed by atoms with Crippen molar-refractivity contribution < 1.29 is 14.9 Å². The molecule has 0 bridgehead atoms. The van der Waals surface area contributed by atoms with Crippen LogP contribution in [0.4, 0.5) is 11.6 Å². The molecule has 0 spiro atoms. The first-order valence-corrected chi connectivity index (χ1v) is 8.94. The second kappa shape index (κ2) is 8.82. The summed E-state index contributed by atoms with van der Waals surface area (Å²) in [6.45, 7) is 2.06. The Morgan fingerprint density at radius 3 is 2.88 bits per heavy atom. The van der Waals surface area contributed by atoms with E-state index in [1.54, 1.807) is 13.4 Å². The maximum atomic E-state index is 9.57. The number of nitrogens with zero attached hydrogens (tertiary/aromatic N) is 4. The predicted octanol–water partition coefficient (Wildman–Crippen LogP) is 1.45. The Balaban J connectivity index is 1.85. The largest absolute Gasteiger partial charge is 0.496 e. The maximum Gasteiger partial charge on any atom is 0.134 e. The van der Waals surface area contributed by atoms with Gasteiger partial charge in [0.1, 0.15) is 23.7 Å². The molecule has 0 amide bonds. The van der Waals surface area contributed by atoms with Gasteiger partial charge in [0.05, 0.1) is 26.4 Å². The van der Waals surface area contributed by atoms with Crippen LogP contribution in [-0.4, -0.2) is 59.6 Å². The highest BCUT2D eigenvalue weighted by atomic mass is 16.5. The Labute approximate surface area is 153 Å². The van der Waals surface area contributed by atoms with Crippen molar-refractivity contribution in [2.24, 2.45) is 0 Å². The van der Waals surface area contributed by atoms with Gasteiger partial charge in [-0.05, 0) is 18.9 Å². The lowest BCUT2D eigenvalue weighted by atomic mass is 10.2. The number of aromatic nitrogens is 2. The van der Waals surface area contributed by atoms with Crippen molar-refractivity contribution in [3.8, 4) is 5.75 Å². The van der Waals surface area contributed by atoms with Gasteiger partial charge in [-0.1, -0.05) is 18.2 Å². The SMILES string of the molecule is COc1ccccc1CN(CCO)c1cc(N2CCCC2CO)ncn1. The standard InChI is InChI=1S/C19H26N4O3/c1-26-17-7-3-2-5-15(17)12-22(9-10-24)18-11-19(21-14-20-18)23-8-4-6-16(23)13-25/h2-3,5,7,11,14,16,24-25H,4,6,8-10,12-13H2,1H3. The van der Waals surface area contributed by atoms with Crippen molar-refractivity contribution in [3.63, 3.8) is 0 Å². The molecule has 1 unspecified atom stereocenters. The smallest absolute Gasteiger partial charge is 0.134 e. The van der Waals surface area contributed by atoms with Crippen LogP contribution < -0.4 is 14.5 Å². The summed E-state index contributed by atoms with van der Waals surface area (Å²) < 4.78 is 5.44. The molecule has 3 rings (SSSR count). The quantitative estimate of drug-likeness (QED) is 0.739. The summed E-state index contributed by atoms with van der Waals surface area (Å²) in [5, 5.41) is 19.1. The van der Waals surface area contributed by atoms with Crippen LogP contribution in [0.3, 0.4) is 0 Å². The molecule has 2 heterocycles. The van der Waals surface area contributed by atoms with Gasteiger partial charge in [-0.25, -0.2) is 9.97 Å². The lowest BCUT2D eigenvalue weighted by molar-refractivity contribution is 0.266. The second-order valence-corrected chi connectivity index (χ2v) is 6.36. The molecule has 1 aliphatic rings. The van der Waals surface area contributed by atoms with Crippen molar-refractivity contribution in [1.29, 1.82) is 0 Å². The van der Waals surface area contributed by atoms with Crippen molar-refractivity contribution in [1.82, 2.24) is 9.97 Å². The molecule has 0 aliphatic carbocycles. The monoisotopic (exact) mass is 358 g/mol. The Morgan fingerprint density at radius 2 is 2.12 bits per heavy atom. The van der Waals surface area contributed by atoms with Gasteiger partial charge in [-0.2, -0.15) is 0 Å². The summed E-state index contributed by atoms with van der Waals surface area (Å²) in [7, 11) is 1.65. The lowest BCUT2D eigenvalue weighted by Gasteiger charge is -2.27. The predicted molar refractivity (Wildman–Crippen MR) is 101 cm³/mol. The van der Waals surface area contributed by atoms with Gasteiger partial charge in [0.25, 0.3) is 0 Å². The number of anilines is 2. The number of methoxy groups -OCH3 is 1. The number of aliphatic hydroxyl groups excluding tert-OH is 2. The Morgan fingerprint density at radius 1 is 1.27 bits per heavy atom. The zero-order valence-corrected chi connectivity index (χ0v) is 15.1. The Hall–Kier alpha value is -2.38. The number of hydrogen-bond donors (Lipinski definition) is 2. The fourth-order valence-electron chi connectivity index (χ4n) is 3.43. The molecule has 1 aromatic carbocycles. The zero-order valence-electron chi connectivity index (χ0n) is 15.1. The van der Waals surface area contributed by atoms with Gasteiger partial charge in [-0.15, -0.1) is 0 Å². The highest BCUT2D eigenvalue weighted by Crippen LogP contribution is 2.27. The van der Waals surface area contributed by atoms with Crippen LogP contribution in [0.1, 0.15) is 18.4 Å². The van der Waals surface area contributed by atoms with E-state index in [2.05, 4.69) is 14.9 Å². The third-order valence-corrected chi connectivity index (χ3v) is 4.77. The van der Waals surface area contributed by atoms with E-state index in [-0.39, 0.29) is 19.3 Å². The Kier molecular flexibility index (Phi) is 6.25. The van der Waals surface area contributed by atoms with E-state index in [4.69, 9.17) is 4.74 Å². The molecule has 0 saturated carbocycles.